The second-order valence-electron chi connectivity index (χ2n) is 7.50. The number of fused-ring (bicyclic) bond motifs is 1. The molecule has 0 spiro atoms. The number of piperazine rings is 1. The van der Waals surface area contributed by atoms with Gasteiger partial charge in [0, 0.05) is 48.5 Å². The average Bonchev–Trinajstić information content (AvgIpc) is 3.45. The number of thiazole rings is 1. The van der Waals surface area contributed by atoms with Crippen LogP contribution >= 0.6 is 11.3 Å². The number of para-hydroxylation sites is 2. The molecule has 1 fully saturated rings. The summed E-state index contributed by atoms with van der Waals surface area (Å²) in [7, 11) is 1.58. The van der Waals surface area contributed by atoms with Gasteiger partial charge in [0.05, 0.1) is 18.5 Å². The Hall–Kier alpha value is -3.56. The summed E-state index contributed by atoms with van der Waals surface area (Å²) >= 11 is 1.29. The number of anilines is 2. The molecule has 0 unspecified atom stereocenters. The van der Waals surface area contributed by atoms with Crippen molar-refractivity contribution in [2.45, 2.75) is 0 Å². The van der Waals surface area contributed by atoms with Gasteiger partial charge in [-0.05, 0) is 30.3 Å². The van der Waals surface area contributed by atoms with Crippen molar-refractivity contribution in [3.63, 3.8) is 0 Å². The highest BCUT2D eigenvalue weighted by Gasteiger charge is 2.19. The summed E-state index contributed by atoms with van der Waals surface area (Å²) in [5.41, 5.74) is 2.06. The molecule has 0 saturated carbocycles. The summed E-state index contributed by atoms with van der Waals surface area (Å²) in [4.78, 5) is 19.7. The van der Waals surface area contributed by atoms with Crippen molar-refractivity contribution in [2.75, 3.05) is 43.5 Å². The summed E-state index contributed by atoms with van der Waals surface area (Å²) in [6, 6.07) is 13.3. The highest BCUT2D eigenvalue weighted by atomic mass is 32.1. The van der Waals surface area contributed by atoms with Crippen LogP contribution in [-0.2, 0) is 0 Å². The Kier molecular flexibility index (Phi) is 5.42. The molecular weight excluding hydrogens is 426 g/mol. The van der Waals surface area contributed by atoms with Crippen LogP contribution in [0.2, 0.25) is 0 Å². The van der Waals surface area contributed by atoms with Crippen LogP contribution in [0.25, 0.3) is 15.9 Å². The predicted octanol–water partition coefficient (Wildman–Crippen LogP) is 3.46. The average molecular weight is 450 g/mol. The Labute approximate surface area is 189 Å². The van der Waals surface area contributed by atoms with Gasteiger partial charge in [0.25, 0.3) is 5.91 Å². The normalized spacial score (nSPS) is 14.0. The van der Waals surface area contributed by atoms with Crippen LogP contribution in [0.1, 0.15) is 10.5 Å². The Morgan fingerprint density at radius 2 is 2.03 bits per heavy atom. The molecule has 32 heavy (non-hydrogen) atoms. The number of aromatic hydroxyl groups is 1. The summed E-state index contributed by atoms with van der Waals surface area (Å²) in [5, 5.41) is 20.8. The van der Waals surface area contributed by atoms with Crippen LogP contribution in [0.15, 0.2) is 54.0 Å². The standard InChI is InChI=1S/C23H23N5O3S/c1-31-16-7-6-15-13-28(22(30)17(15)12-16)23-26-19(14-32-23)21(29)25-18-4-2-3-5-20(18)27-10-8-24-9-11-27/h2-7,12-14,24,30H,8-11H2,1H3,(H,25,29). The maximum Gasteiger partial charge on any atom is 0.275 e. The van der Waals surface area contributed by atoms with Crippen molar-refractivity contribution >= 4 is 39.4 Å². The fourth-order valence-corrected chi connectivity index (χ4v) is 4.65. The van der Waals surface area contributed by atoms with Gasteiger partial charge >= 0.3 is 0 Å². The predicted molar refractivity (Wildman–Crippen MR) is 127 cm³/mol. The minimum Gasteiger partial charge on any atom is -0.497 e. The first kappa shape index (κ1) is 20.3. The van der Waals surface area contributed by atoms with E-state index >= 15 is 0 Å². The molecule has 2 aromatic heterocycles. The largest absolute Gasteiger partial charge is 0.497 e. The smallest absolute Gasteiger partial charge is 0.275 e. The third-order valence-corrected chi connectivity index (χ3v) is 6.38. The van der Waals surface area contributed by atoms with Gasteiger partial charge in [-0.2, -0.15) is 0 Å². The van der Waals surface area contributed by atoms with Crippen LogP contribution in [-0.4, -0.2) is 53.9 Å². The number of methoxy groups -OCH3 is 1. The molecule has 9 heteroatoms. The Balaban J connectivity index is 1.39. The Bertz CT molecular complexity index is 1280. The SMILES string of the molecule is COc1ccc2cn(-c3nc(C(=O)Nc4ccccc4N4CCNCC4)cs3)c(O)c2c1. The molecule has 0 radical (unpaired) electrons. The highest BCUT2D eigenvalue weighted by molar-refractivity contribution is 7.12. The topological polar surface area (TPSA) is 91.7 Å². The molecule has 2 aromatic carbocycles. The molecule has 1 saturated heterocycles. The van der Waals surface area contributed by atoms with Crippen LogP contribution < -0.4 is 20.3 Å². The van der Waals surface area contributed by atoms with E-state index in [1.807, 2.05) is 36.4 Å². The molecule has 0 bridgehead atoms. The summed E-state index contributed by atoms with van der Waals surface area (Å²) in [6.45, 7) is 3.61. The maximum atomic E-state index is 12.9. The van der Waals surface area contributed by atoms with Gasteiger partial charge in [0.2, 0.25) is 5.88 Å². The highest BCUT2D eigenvalue weighted by Crippen LogP contribution is 2.34. The lowest BCUT2D eigenvalue weighted by molar-refractivity contribution is 0.102. The molecule has 3 N–H and O–H groups in total. The molecule has 3 heterocycles. The number of amides is 1. The lowest BCUT2D eigenvalue weighted by Gasteiger charge is -2.31. The molecular formula is C23H23N5O3S. The zero-order valence-corrected chi connectivity index (χ0v) is 18.4. The van der Waals surface area contributed by atoms with E-state index in [4.69, 9.17) is 4.74 Å². The number of aromatic nitrogens is 2. The lowest BCUT2D eigenvalue weighted by atomic mass is 10.2. The third-order valence-electron chi connectivity index (χ3n) is 5.54. The summed E-state index contributed by atoms with van der Waals surface area (Å²) in [5.74, 6) is 0.435. The van der Waals surface area contributed by atoms with Gasteiger partial charge in [-0.1, -0.05) is 12.1 Å². The van der Waals surface area contributed by atoms with Crippen molar-refractivity contribution < 1.29 is 14.6 Å². The van der Waals surface area contributed by atoms with Gasteiger partial charge in [-0.3, -0.25) is 9.36 Å². The second-order valence-corrected chi connectivity index (χ2v) is 8.34. The molecule has 1 aliphatic heterocycles. The van der Waals surface area contributed by atoms with Gasteiger partial charge in [-0.25, -0.2) is 4.98 Å². The van der Waals surface area contributed by atoms with Crippen LogP contribution in [0.3, 0.4) is 0 Å². The number of ether oxygens (including phenoxy) is 1. The summed E-state index contributed by atoms with van der Waals surface area (Å²) in [6.07, 6.45) is 1.80. The number of benzene rings is 2. The number of hydrogen-bond donors (Lipinski definition) is 3. The molecule has 1 amide bonds. The molecule has 164 valence electrons. The van der Waals surface area contributed by atoms with Crippen molar-refractivity contribution in [1.82, 2.24) is 14.9 Å². The zero-order valence-electron chi connectivity index (χ0n) is 17.5. The molecule has 4 aromatic rings. The number of carbonyl (C=O) groups excluding carboxylic acids is 1. The molecule has 1 aliphatic rings. The fraction of sp³-hybridized carbons (Fsp3) is 0.217. The minimum absolute atomic E-state index is 0.0595. The Morgan fingerprint density at radius 1 is 1.22 bits per heavy atom. The molecule has 0 atom stereocenters. The van der Waals surface area contributed by atoms with Crippen molar-refractivity contribution in [3.05, 3.63) is 59.7 Å². The minimum atomic E-state index is -0.284. The van der Waals surface area contributed by atoms with Gasteiger partial charge in [0.15, 0.2) is 5.13 Å². The summed E-state index contributed by atoms with van der Waals surface area (Å²) < 4.78 is 6.83. The van der Waals surface area contributed by atoms with Crippen LogP contribution in [0.4, 0.5) is 11.4 Å². The van der Waals surface area contributed by atoms with Gasteiger partial charge in [0.1, 0.15) is 11.4 Å². The van der Waals surface area contributed by atoms with Crippen molar-refractivity contribution in [3.8, 4) is 16.8 Å². The molecule has 5 rings (SSSR count). The number of nitrogens with one attached hydrogen (secondary N) is 2. The van der Waals surface area contributed by atoms with Gasteiger partial charge < -0.3 is 25.4 Å². The van der Waals surface area contributed by atoms with E-state index in [9.17, 15) is 9.90 Å². The van der Waals surface area contributed by atoms with E-state index in [0.717, 1.165) is 42.9 Å². The van der Waals surface area contributed by atoms with Crippen molar-refractivity contribution in [1.29, 1.82) is 0 Å². The van der Waals surface area contributed by atoms with E-state index in [1.54, 1.807) is 29.3 Å². The van der Waals surface area contributed by atoms with E-state index in [-0.39, 0.29) is 11.8 Å². The first-order chi connectivity index (χ1) is 15.6. The first-order valence-electron chi connectivity index (χ1n) is 10.3. The van der Waals surface area contributed by atoms with E-state index < -0.39 is 0 Å². The lowest BCUT2D eigenvalue weighted by Crippen LogP contribution is -2.43. The number of hydrogen-bond acceptors (Lipinski definition) is 7. The van der Waals surface area contributed by atoms with E-state index in [1.165, 1.54) is 11.3 Å². The van der Waals surface area contributed by atoms with Gasteiger partial charge in [-0.15, -0.1) is 11.3 Å². The Morgan fingerprint density at radius 3 is 2.84 bits per heavy atom. The number of carbonyl (C=O) groups is 1. The monoisotopic (exact) mass is 449 g/mol. The number of rotatable bonds is 5. The van der Waals surface area contributed by atoms with Crippen LogP contribution in [0.5, 0.6) is 11.6 Å². The van der Waals surface area contributed by atoms with Crippen LogP contribution in [0, 0.1) is 0 Å². The van der Waals surface area contributed by atoms with E-state index in [0.29, 0.717) is 22.0 Å². The quantitative estimate of drug-likeness (QED) is 0.432. The molecule has 8 nitrogen and oxygen atoms in total. The van der Waals surface area contributed by atoms with Crippen molar-refractivity contribution in [2.24, 2.45) is 0 Å². The zero-order chi connectivity index (χ0) is 22.1. The van der Waals surface area contributed by atoms with E-state index in [2.05, 4.69) is 20.5 Å². The fourth-order valence-electron chi connectivity index (χ4n) is 3.87. The molecule has 0 aliphatic carbocycles. The maximum absolute atomic E-state index is 12.9. The third kappa shape index (κ3) is 3.76. The first-order valence-corrected chi connectivity index (χ1v) is 11.2. The number of nitrogens with zero attached hydrogens (tertiary/aromatic N) is 3. The second kappa shape index (κ2) is 8.52.